The first-order valence-electron chi connectivity index (χ1n) is 9.03. The average Bonchev–Trinajstić information content (AvgIpc) is 2.68. The minimum atomic E-state index is -0.738. The molecule has 1 heterocycles. The van der Waals surface area contributed by atoms with E-state index in [0.29, 0.717) is 25.7 Å². The third kappa shape index (κ3) is 5.99. The number of hydrogen-bond acceptors (Lipinski definition) is 4. The van der Waals surface area contributed by atoms with Gasteiger partial charge in [-0.1, -0.05) is 18.2 Å². The van der Waals surface area contributed by atoms with Crippen molar-refractivity contribution in [2.75, 3.05) is 5.32 Å². The van der Waals surface area contributed by atoms with Crippen molar-refractivity contribution >= 4 is 29.4 Å². The molecule has 0 aliphatic heterocycles. The van der Waals surface area contributed by atoms with Gasteiger partial charge in [0.05, 0.1) is 10.9 Å². The number of carboxylic acid groups (broad SMARTS) is 1. The second-order valence-corrected chi connectivity index (χ2v) is 7.64. The first-order valence-corrected chi connectivity index (χ1v) is 10.0. The summed E-state index contributed by atoms with van der Waals surface area (Å²) < 4.78 is 0. The lowest BCUT2D eigenvalue weighted by atomic mass is 9.86. The molecule has 3 N–H and O–H groups in total. The van der Waals surface area contributed by atoms with Crippen LogP contribution in [0.4, 0.5) is 10.5 Å². The molecule has 2 amide bonds. The van der Waals surface area contributed by atoms with Gasteiger partial charge in [0.2, 0.25) is 0 Å². The molecule has 1 aromatic heterocycles. The number of urea groups is 1. The molecule has 0 spiro atoms. The van der Waals surface area contributed by atoms with E-state index in [0.717, 1.165) is 22.0 Å². The molecule has 142 valence electrons. The highest BCUT2D eigenvalue weighted by molar-refractivity contribution is 7.98. The van der Waals surface area contributed by atoms with E-state index in [4.69, 9.17) is 5.11 Å². The van der Waals surface area contributed by atoms with Gasteiger partial charge >= 0.3 is 12.0 Å². The standard InChI is InChI=1S/C20H23N3O3S/c24-19(25)15-7-9-16(10-8-15)22-20(26)23-17-5-3-4-14(12-17)13-27-18-6-1-2-11-21-18/h1-6,11-12,15-16H,7-10,13H2,(H,24,25)(H2,22,23,26). The molecule has 0 radical (unpaired) electrons. The number of nitrogens with one attached hydrogen (secondary N) is 2. The summed E-state index contributed by atoms with van der Waals surface area (Å²) in [5, 5.41) is 15.8. The van der Waals surface area contributed by atoms with Crippen LogP contribution in [0.3, 0.4) is 0 Å². The van der Waals surface area contributed by atoms with Crippen molar-refractivity contribution in [2.45, 2.75) is 42.5 Å². The monoisotopic (exact) mass is 385 g/mol. The van der Waals surface area contributed by atoms with Gasteiger partial charge in [-0.3, -0.25) is 4.79 Å². The Morgan fingerprint density at radius 2 is 1.93 bits per heavy atom. The van der Waals surface area contributed by atoms with Gasteiger partial charge in [-0.15, -0.1) is 11.8 Å². The zero-order chi connectivity index (χ0) is 19.1. The predicted octanol–water partition coefficient (Wildman–Crippen LogP) is 4.14. The summed E-state index contributed by atoms with van der Waals surface area (Å²) in [6, 6.07) is 13.4. The summed E-state index contributed by atoms with van der Waals surface area (Å²) in [6.07, 6.45) is 4.39. The Morgan fingerprint density at radius 1 is 1.11 bits per heavy atom. The van der Waals surface area contributed by atoms with Crippen molar-refractivity contribution in [2.24, 2.45) is 5.92 Å². The first kappa shape index (κ1) is 19.2. The van der Waals surface area contributed by atoms with Gasteiger partial charge < -0.3 is 15.7 Å². The van der Waals surface area contributed by atoms with Gasteiger partial charge in [0.15, 0.2) is 0 Å². The Morgan fingerprint density at radius 3 is 2.63 bits per heavy atom. The number of carbonyl (C=O) groups is 2. The molecule has 6 nitrogen and oxygen atoms in total. The zero-order valence-corrected chi connectivity index (χ0v) is 15.7. The number of aliphatic carboxylic acids is 1. The van der Waals surface area contributed by atoms with E-state index < -0.39 is 5.97 Å². The van der Waals surface area contributed by atoms with E-state index in [1.807, 2.05) is 42.5 Å². The Kier molecular flexibility index (Phi) is 6.70. The Balaban J connectivity index is 1.47. The molecule has 1 saturated carbocycles. The highest BCUT2D eigenvalue weighted by Crippen LogP contribution is 2.25. The number of anilines is 1. The Labute approximate surface area is 162 Å². The van der Waals surface area contributed by atoms with Crippen LogP contribution in [0.25, 0.3) is 0 Å². The van der Waals surface area contributed by atoms with Crippen LogP contribution >= 0.6 is 11.8 Å². The maximum atomic E-state index is 12.2. The van der Waals surface area contributed by atoms with E-state index >= 15 is 0 Å². The van der Waals surface area contributed by atoms with Crippen LogP contribution in [0.5, 0.6) is 0 Å². The van der Waals surface area contributed by atoms with Gasteiger partial charge in [0.1, 0.15) is 0 Å². The summed E-state index contributed by atoms with van der Waals surface area (Å²) in [5.41, 5.74) is 1.84. The molecule has 27 heavy (non-hydrogen) atoms. The van der Waals surface area contributed by atoms with E-state index in [9.17, 15) is 9.59 Å². The third-order valence-electron chi connectivity index (χ3n) is 4.62. The number of amides is 2. The number of aromatic nitrogens is 1. The van der Waals surface area contributed by atoms with Gasteiger partial charge in [-0.05, 0) is 55.5 Å². The molecule has 1 aliphatic rings. The van der Waals surface area contributed by atoms with Crippen LogP contribution in [0.15, 0.2) is 53.7 Å². The Bertz CT molecular complexity index is 777. The minimum absolute atomic E-state index is 0.0310. The molecule has 0 saturated heterocycles. The second-order valence-electron chi connectivity index (χ2n) is 6.64. The minimum Gasteiger partial charge on any atom is -0.481 e. The largest absolute Gasteiger partial charge is 0.481 e. The van der Waals surface area contributed by atoms with Crippen molar-refractivity contribution in [3.8, 4) is 0 Å². The summed E-state index contributed by atoms with van der Waals surface area (Å²) in [5.74, 6) is -0.245. The lowest BCUT2D eigenvalue weighted by Gasteiger charge is -2.26. The molecule has 0 bridgehead atoms. The number of carboxylic acids is 1. The van der Waals surface area contributed by atoms with Gasteiger partial charge in [-0.25, -0.2) is 9.78 Å². The molecule has 1 aromatic carbocycles. The lowest BCUT2D eigenvalue weighted by Crippen LogP contribution is -2.40. The fraction of sp³-hybridized carbons (Fsp3) is 0.350. The average molecular weight is 385 g/mol. The van der Waals surface area contributed by atoms with E-state index in [1.165, 1.54) is 0 Å². The fourth-order valence-electron chi connectivity index (χ4n) is 3.17. The van der Waals surface area contributed by atoms with Gasteiger partial charge in [0.25, 0.3) is 0 Å². The van der Waals surface area contributed by atoms with Crippen molar-refractivity contribution in [1.82, 2.24) is 10.3 Å². The summed E-state index contributed by atoms with van der Waals surface area (Å²) in [6.45, 7) is 0. The van der Waals surface area contributed by atoms with Crippen LogP contribution in [0.2, 0.25) is 0 Å². The summed E-state index contributed by atoms with van der Waals surface area (Å²) in [7, 11) is 0. The number of rotatable bonds is 6. The van der Waals surface area contributed by atoms with Crippen LogP contribution in [0, 0.1) is 5.92 Å². The van der Waals surface area contributed by atoms with E-state index in [2.05, 4.69) is 15.6 Å². The topological polar surface area (TPSA) is 91.3 Å². The maximum Gasteiger partial charge on any atom is 0.319 e. The van der Waals surface area contributed by atoms with E-state index in [-0.39, 0.29) is 18.0 Å². The number of carbonyl (C=O) groups excluding carboxylic acids is 1. The Hall–Kier alpha value is -2.54. The predicted molar refractivity (Wildman–Crippen MR) is 106 cm³/mol. The molecule has 2 aromatic rings. The normalized spacial score (nSPS) is 19.3. The SMILES string of the molecule is O=C(Nc1cccc(CSc2ccccn2)c1)NC1CCC(C(=O)O)CC1. The molecule has 7 heteroatoms. The quantitative estimate of drug-likeness (QED) is 0.650. The van der Waals surface area contributed by atoms with Crippen LogP contribution in [0.1, 0.15) is 31.2 Å². The number of benzene rings is 1. The first-order chi connectivity index (χ1) is 13.1. The third-order valence-corrected chi connectivity index (χ3v) is 5.64. The zero-order valence-electron chi connectivity index (χ0n) is 14.9. The van der Waals surface area contributed by atoms with Crippen molar-refractivity contribution < 1.29 is 14.7 Å². The molecule has 0 unspecified atom stereocenters. The van der Waals surface area contributed by atoms with Crippen LogP contribution in [-0.4, -0.2) is 28.1 Å². The molecular weight excluding hydrogens is 362 g/mol. The molecule has 3 rings (SSSR count). The van der Waals surface area contributed by atoms with Crippen LogP contribution < -0.4 is 10.6 Å². The second kappa shape index (κ2) is 9.41. The van der Waals surface area contributed by atoms with Crippen molar-refractivity contribution in [1.29, 1.82) is 0 Å². The number of nitrogens with zero attached hydrogens (tertiary/aromatic N) is 1. The smallest absolute Gasteiger partial charge is 0.319 e. The number of pyridine rings is 1. The summed E-state index contributed by atoms with van der Waals surface area (Å²) >= 11 is 1.64. The fourth-order valence-corrected chi connectivity index (χ4v) is 3.97. The summed E-state index contributed by atoms with van der Waals surface area (Å²) in [4.78, 5) is 27.5. The highest BCUT2D eigenvalue weighted by atomic mass is 32.2. The molecular formula is C20H23N3O3S. The lowest BCUT2D eigenvalue weighted by molar-refractivity contribution is -0.142. The van der Waals surface area contributed by atoms with Gasteiger partial charge in [-0.2, -0.15) is 0 Å². The van der Waals surface area contributed by atoms with E-state index in [1.54, 1.807) is 18.0 Å². The van der Waals surface area contributed by atoms with Crippen LogP contribution in [-0.2, 0) is 10.5 Å². The number of thioether (sulfide) groups is 1. The number of hydrogen-bond donors (Lipinski definition) is 3. The van der Waals surface area contributed by atoms with Gasteiger partial charge in [0, 0.05) is 23.7 Å². The molecule has 1 fully saturated rings. The van der Waals surface area contributed by atoms with Crippen molar-refractivity contribution in [3.05, 3.63) is 54.2 Å². The molecule has 0 atom stereocenters. The maximum absolute atomic E-state index is 12.2. The highest BCUT2D eigenvalue weighted by Gasteiger charge is 2.26. The molecule has 1 aliphatic carbocycles. The van der Waals surface area contributed by atoms with Crippen molar-refractivity contribution in [3.63, 3.8) is 0 Å².